The molecule has 1 amide bonds. The molecule has 0 heterocycles. The summed E-state index contributed by atoms with van der Waals surface area (Å²) in [4.78, 5) is 24.5. The van der Waals surface area contributed by atoms with Crippen molar-refractivity contribution in [1.82, 2.24) is 5.43 Å². The minimum Gasteiger partial charge on any atom is -0.497 e. The zero-order chi connectivity index (χ0) is 26.5. The lowest BCUT2D eigenvalue weighted by Crippen LogP contribution is -2.24. The zero-order valence-corrected chi connectivity index (χ0v) is 21.1. The first kappa shape index (κ1) is 27.1. The number of esters is 1. The molecule has 0 aromatic heterocycles. The van der Waals surface area contributed by atoms with Gasteiger partial charge in [0, 0.05) is 0 Å². The molecule has 0 fully saturated rings. The molecule has 9 heteroatoms. The van der Waals surface area contributed by atoms with Crippen molar-refractivity contribution in [1.29, 1.82) is 0 Å². The minimum absolute atomic E-state index is 0.197. The first-order valence-electron chi connectivity index (χ1n) is 11.7. The lowest BCUT2D eigenvalue weighted by atomic mass is 10.2. The summed E-state index contributed by atoms with van der Waals surface area (Å²) in [6.07, 6.45) is 3.50. The van der Waals surface area contributed by atoms with E-state index in [-0.39, 0.29) is 12.4 Å². The molecular formula is C28H30N2O7. The number of nitrogens with one attached hydrogen (secondary N) is 1. The van der Waals surface area contributed by atoms with Crippen LogP contribution < -0.4 is 29.1 Å². The topological polar surface area (TPSA) is 105 Å². The van der Waals surface area contributed by atoms with Gasteiger partial charge < -0.3 is 23.7 Å². The molecule has 0 aliphatic carbocycles. The third kappa shape index (κ3) is 8.57. The Hall–Kier alpha value is -4.53. The van der Waals surface area contributed by atoms with Gasteiger partial charge in [-0.1, -0.05) is 13.3 Å². The van der Waals surface area contributed by atoms with Gasteiger partial charge in [0.2, 0.25) is 0 Å². The Bertz CT molecular complexity index is 1190. The summed E-state index contributed by atoms with van der Waals surface area (Å²) in [7, 11) is 3.01. The van der Waals surface area contributed by atoms with Crippen LogP contribution in [-0.4, -0.2) is 45.5 Å². The molecule has 0 aliphatic rings. The van der Waals surface area contributed by atoms with Crippen molar-refractivity contribution in [3.05, 3.63) is 77.9 Å². The van der Waals surface area contributed by atoms with Crippen molar-refractivity contribution >= 4 is 18.1 Å². The minimum atomic E-state index is -0.534. The van der Waals surface area contributed by atoms with E-state index in [0.29, 0.717) is 35.0 Å². The number of rotatable bonds is 13. The molecule has 1 N–H and O–H groups in total. The molecule has 9 nitrogen and oxygen atoms in total. The molecule has 0 unspecified atom stereocenters. The summed E-state index contributed by atoms with van der Waals surface area (Å²) in [5, 5.41) is 3.94. The Morgan fingerprint density at radius 3 is 2.16 bits per heavy atom. The van der Waals surface area contributed by atoms with Crippen molar-refractivity contribution in [2.24, 2.45) is 5.10 Å². The summed E-state index contributed by atoms with van der Waals surface area (Å²) in [5.74, 6) is 1.57. The van der Waals surface area contributed by atoms with Gasteiger partial charge in [-0.2, -0.15) is 5.10 Å². The number of hydrazone groups is 1. The highest BCUT2D eigenvalue weighted by atomic mass is 16.6. The van der Waals surface area contributed by atoms with Crippen LogP contribution in [0, 0.1) is 0 Å². The van der Waals surface area contributed by atoms with E-state index in [1.807, 2.05) is 0 Å². The Morgan fingerprint density at radius 2 is 1.51 bits per heavy atom. The molecule has 3 aromatic rings. The van der Waals surface area contributed by atoms with Crippen LogP contribution in [-0.2, 0) is 4.79 Å². The van der Waals surface area contributed by atoms with Crippen LogP contribution in [0.1, 0.15) is 35.7 Å². The van der Waals surface area contributed by atoms with Crippen LogP contribution in [0.5, 0.6) is 28.7 Å². The van der Waals surface area contributed by atoms with E-state index >= 15 is 0 Å². The van der Waals surface area contributed by atoms with Crippen LogP contribution in [0.3, 0.4) is 0 Å². The summed E-state index contributed by atoms with van der Waals surface area (Å²) in [6.45, 7) is 2.57. The highest BCUT2D eigenvalue weighted by Crippen LogP contribution is 2.28. The Balaban J connectivity index is 1.48. The van der Waals surface area contributed by atoms with E-state index < -0.39 is 11.9 Å². The van der Waals surface area contributed by atoms with Crippen molar-refractivity contribution in [3.63, 3.8) is 0 Å². The number of carbonyl (C=O) groups is 2. The average Bonchev–Trinajstić information content (AvgIpc) is 2.93. The Kier molecular flexibility index (Phi) is 10.3. The molecule has 0 aliphatic heterocycles. The number of hydrogen-bond donors (Lipinski definition) is 1. The second-order valence-electron chi connectivity index (χ2n) is 7.78. The van der Waals surface area contributed by atoms with Gasteiger partial charge in [-0.3, -0.25) is 4.79 Å². The molecular weight excluding hydrogens is 476 g/mol. The Morgan fingerprint density at radius 1 is 0.838 bits per heavy atom. The van der Waals surface area contributed by atoms with Crippen LogP contribution in [0.2, 0.25) is 0 Å². The number of hydrogen-bond acceptors (Lipinski definition) is 8. The first-order chi connectivity index (χ1) is 18.0. The van der Waals surface area contributed by atoms with Crippen molar-refractivity contribution < 1.29 is 33.3 Å². The molecule has 0 spiro atoms. The quantitative estimate of drug-likeness (QED) is 0.118. The molecule has 0 saturated carbocycles. The van der Waals surface area contributed by atoms with Crippen molar-refractivity contribution in [3.8, 4) is 28.7 Å². The van der Waals surface area contributed by atoms with Gasteiger partial charge in [-0.25, -0.2) is 10.2 Å². The molecule has 3 rings (SSSR count). The summed E-state index contributed by atoms with van der Waals surface area (Å²) in [6, 6.07) is 18.5. The fraction of sp³-hybridized carbons (Fsp3) is 0.250. The van der Waals surface area contributed by atoms with Crippen molar-refractivity contribution in [2.75, 3.05) is 27.4 Å². The molecule has 0 saturated heterocycles. The van der Waals surface area contributed by atoms with E-state index in [9.17, 15) is 9.59 Å². The van der Waals surface area contributed by atoms with E-state index in [0.717, 1.165) is 18.6 Å². The lowest BCUT2D eigenvalue weighted by Gasteiger charge is -2.10. The van der Waals surface area contributed by atoms with E-state index in [4.69, 9.17) is 23.7 Å². The fourth-order valence-corrected chi connectivity index (χ4v) is 3.06. The van der Waals surface area contributed by atoms with Gasteiger partial charge >= 0.3 is 5.97 Å². The Labute approximate surface area is 216 Å². The SMILES string of the molecule is CCCCOc1ccc(OCC(=O)NN=Cc2ccc(OC(=O)c3ccc(OC)cc3)c(OC)c2)cc1. The molecule has 194 valence electrons. The van der Waals surface area contributed by atoms with E-state index in [1.54, 1.807) is 73.8 Å². The maximum atomic E-state index is 12.4. The maximum absolute atomic E-state index is 12.4. The van der Waals surface area contributed by atoms with Gasteiger partial charge in [-0.05, 0) is 78.7 Å². The second kappa shape index (κ2) is 14.1. The first-order valence-corrected chi connectivity index (χ1v) is 11.7. The predicted octanol–water partition coefficient (Wildman–Crippen LogP) is 4.63. The van der Waals surface area contributed by atoms with Crippen LogP contribution in [0.15, 0.2) is 71.8 Å². The fourth-order valence-electron chi connectivity index (χ4n) is 3.06. The normalized spacial score (nSPS) is 10.6. The van der Waals surface area contributed by atoms with E-state index in [2.05, 4.69) is 17.5 Å². The zero-order valence-electron chi connectivity index (χ0n) is 21.1. The second-order valence-corrected chi connectivity index (χ2v) is 7.78. The maximum Gasteiger partial charge on any atom is 0.343 e. The number of amides is 1. The highest BCUT2D eigenvalue weighted by Gasteiger charge is 2.13. The third-order valence-electron chi connectivity index (χ3n) is 5.08. The van der Waals surface area contributed by atoms with Gasteiger partial charge in [0.25, 0.3) is 5.91 Å². The van der Waals surface area contributed by atoms with Crippen LogP contribution in [0.25, 0.3) is 0 Å². The van der Waals surface area contributed by atoms with Gasteiger partial charge in [0.05, 0.1) is 32.6 Å². The number of methoxy groups -OCH3 is 2. The molecule has 0 bridgehead atoms. The number of ether oxygens (including phenoxy) is 5. The molecule has 37 heavy (non-hydrogen) atoms. The summed E-state index contributed by atoms with van der Waals surface area (Å²) < 4.78 is 27.0. The largest absolute Gasteiger partial charge is 0.497 e. The van der Waals surface area contributed by atoms with Gasteiger partial charge in [-0.15, -0.1) is 0 Å². The third-order valence-corrected chi connectivity index (χ3v) is 5.08. The van der Waals surface area contributed by atoms with Gasteiger partial charge in [0.15, 0.2) is 18.1 Å². The lowest BCUT2D eigenvalue weighted by molar-refractivity contribution is -0.123. The van der Waals surface area contributed by atoms with Crippen LogP contribution >= 0.6 is 0 Å². The average molecular weight is 507 g/mol. The van der Waals surface area contributed by atoms with Crippen molar-refractivity contribution in [2.45, 2.75) is 19.8 Å². The highest BCUT2D eigenvalue weighted by molar-refractivity contribution is 5.92. The smallest absolute Gasteiger partial charge is 0.343 e. The number of benzene rings is 3. The monoisotopic (exact) mass is 506 g/mol. The number of nitrogens with zero attached hydrogens (tertiary/aromatic N) is 1. The van der Waals surface area contributed by atoms with Gasteiger partial charge in [0.1, 0.15) is 17.2 Å². The summed E-state index contributed by atoms with van der Waals surface area (Å²) >= 11 is 0. The predicted molar refractivity (Wildman–Crippen MR) is 139 cm³/mol. The molecule has 0 atom stereocenters. The molecule has 0 radical (unpaired) electrons. The standard InChI is InChI=1S/C28H30N2O7/c1-4-5-16-35-23-11-13-24(14-12-23)36-19-27(31)30-29-18-20-6-15-25(26(17-20)34-3)37-28(32)21-7-9-22(33-2)10-8-21/h6-15,17-18H,4-5,16,19H2,1-3H3,(H,30,31). The number of carbonyl (C=O) groups excluding carboxylic acids is 2. The van der Waals surface area contributed by atoms with E-state index in [1.165, 1.54) is 13.3 Å². The van der Waals surface area contributed by atoms with Crippen LogP contribution in [0.4, 0.5) is 0 Å². The number of unbranched alkanes of at least 4 members (excludes halogenated alkanes) is 1. The summed E-state index contributed by atoms with van der Waals surface area (Å²) in [5.41, 5.74) is 3.40. The molecule has 3 aromatic carbocycles.